The van der Waals surface area contributed by atoms with Crippen LogP contribution in [0.3, 0.4) is 0 Å². The molecule has 1 N–H and O–H groups in total. The fraction of sp³-hybridized carbons (Fsp3) is 0.185. The molecule has 3 aromatic carbocycles. The summed E-state index contributed by atoms with van der Waals surface area (Å²) in [6.07, 6.45) is 0.368. The zero-order valence-electron chi connectivity index (χ0n) is 20.0. The highest BCUT2D eigenvalue weighted by atomic mass is 35.5. The van der Waals surface area contributed by atoms with Crippen LogP contribution in [0, 0.1) is 11.6 Å². The molecule has 7 nitrogen and oxygen atoms in total. The Hall–Kier alpha value is -3.76. The molecular weight excluding hydrogens is 534 g/mol. The van der Waals surface area contributed by atoms with Gasteiger partial charge in [-0.15, -0.1) is 0 Å². The number of benzene rings is 3. The minimum Gasteiger partial charge on any atom is -0.497 e. The monoisotopic (exact) mass is 554 g/mol. The van der Waals surface area contributed by atoms with Crippen LogP contribution in [0.15, 0.2) is 76.8 Å². The number of hydrazone groups is 1. The topological polar surface area (TPSA) is 83.4 Å². The second kappa shape index (κ2) is 10.9. The molecule has 2 aliphatic heterocycles. The van der Waals surface area contributed by atoms with E-state index in [1.807, 2.05) is 36.4 Å². The molecule has 3 aromatic rings. The van der Waals surface area contributed by atoms with Crippen LogP contribution in [0.2, 0.25) is 5.02 Å². The maximum absolute atomic E-state index is 13.5. The highest BCUT2D eigenvalue weighted by Gasteiger charge is 2.39. The molecule has 0 unspecified atom stereocenters. The highest BCUT2D eigenvalue weighted by molar-refractivity contribution is 8.15. The third kappa shape index (κ3) is 5.56. The number of amides is 2. The number of halogens is 3. The van der Waals surface area contributed by atoms with Crippen LogP contribution in [-0.2, 0) is 9.59 Å². The van der Waals surface area contributed by atoms with Crippen LogP contribution >= 0.6 is 23.4 Å². The van der Waals surface area contributed by atoms with Gasteiger partial charge in [-0.1, -0.05) is 35.5 Å². The number of nitrogens with zero attached hydrogens (tertiary/aromatic N) is 3. The fourth-order valence-corrected chi connectivity index (χ4v) is 5.34. The first-order valence-corrected chi connectivity index (χ1v) is 12.9. The van der Waals surface area contributed by atoms with E-state index in [0.29, 0.717) is 16.6 Å². The summed E-state index contributed by atoms with van der Waals surface area (Å²) in [7, 11) is 1.60. The number of hydrogen-bond donors (Lipinski definition) is 1. The van der Waals surface area contributed by atoms with Crippen molar-refractivity contribution in [1.29, 1.82) is 0 Å². The third-order valence-electron chi connectivity index (χ3n) is 6.09. The molecule has 0 aromatic heterocycles. The van der Waals surface area contributed by atoms with E-state index in [4.69, 9.17) is 21.4 Å². The molecular formula is C27H21ClF2N4O3S. The lowest BCUT2D eigenvalue weighted by Gasteiger charge is -2.23. The number of nitrogens with one attached hydrogen (secondary N) is 1. The van der Waals surface area contributed by atoms with Gasteiger partial charge in [-0.05, 0) is 59.7 Å². The molecule has 0 aliphatic carbocycles. The molecule has 38 heavy (non-hydrogen) atoms. The van der Waals surface area contributed by atoms with Crippen LogP contribution in [-0.4, -0.2) is 40.1 Å². The van der Waals surface area contributed by atoms with Crippen molar-refractivity contribution < 1.29 is 23.1 Å². The van der Waals surface area contributed by atoms with Gasteiger partial charge in [-0.25, -0.2) is 13.8 Å². The minimum atomic E-state index is -1.08. The highest BCUT2D eigenvalue weighted by Crippen LogP contribution is 2.39. The maximum Gasteiger partial charge on any atom is 0.262 e. The van der Waals surface area contributed by atoms with E-state index in [1.165, 1.54) is 6.07 Å². The number of methoxy groups -OCH3 is 1. The molecule has 0 saturated carbocycles. The molecule has 2 amide bonds. The molecule has 2 aliphatic rings. The summed E-state index contributed by atoms with van der Waals surface area (Å²) in [5, 5.41) is 9.21. The van der Waals surface area contributed by atoms with Gasteiger partial charge < -0.3 is 10.1 Å². The van der Waals surface area contributed by atoms with Gasteiger partial charge in [0.15, 0.2) is 16.8 Å². The number of aliphatic imine (C=N–C) groups is 1. The Balaban J connectivity index is 1.34. The summed E-state index contributed by atoms with van der Waals surface area (Å²) in [6, 6.07) is 17.7. The first-order chi connectivity index (χ1) is 18.3. The van der Waals surface area contributed by atoms with Crippen LogP contribution in [0.5, 0.6) is 5.75 Å². The van der Waals surface area contributed by atoms with Gasteiger partial charge in [-0.2, -0.15) is 10.1 Å². The van der Waals surface area contributed by atoms with Crippen molar-refractivity contribution in [3.8, 4) is 5.75 Å². The lowest BCUT2D eigenvalue weighted by molar-refractivity contribution is -0.121. The van der Waals surface area contributed by atoms with Gasteiger partial charge in [0.05, 0.1) is 18.9 Å². The smallest absolute Gasteiger partial charge is 0.262 e. The van der Waals surface area contributed by atoms with Crippen molar-refractivity contribution in [3.05, 3.63) is 94.5 Å². The zero-order chi connectivity index (χ0) is 26.8. The van der Waals surface area contributed by atoms with Crippen molar-refractivity contribution in [1.82, 2.24) is 5.01 Å². The number of ether oxygens (including phenoxy) is 1. The van der Waals surface area contributed by atoms with E-state index in [2.05, 4.69) is 10.3 Å². The van der Waals surface area contributed by atoms with Crippen molar-refractivity contribution >= 4 is 51.7 Å². The zero-order valence-corrected chi connectivity index (χ0v) is 21.6. The van der Waals surface area contributed by atoms with Crippen molar-refractivity contribution in [2.24, 2.45) is 10.1 Å². The van der Waals surface area contributed by atoms with E-state index < -0.39 is 28.7 Å². The summed E-state index contributed by atoms with van der Waals surface area (Å²) >= 11 is 7.24. The lowest BCUT2D eigenvalue weighted by Crippen LogP contribution is -2.25. The molecule has 0 bridgehead atoms. The number of hydrogen-bond acceptors (Lipinski definition) is 6. The Morgan fingerprint density at radius 1 is 1.11 bits per heavy atom. The Morgan fingerprint density at radius 2 is 1.84 bits per heavy atom. The molecule has 2 atom stereocenters. The molecule has 194 valence electrons. The van der Waals surface area contributed by atoms with Gasteiger partial charge in [0.1, 0.15) is 11.0 Å². The van der Waals surface area contributed by atoms with Crippen molar-refractivity contribution in [3.63, 3.8) is 0 Å². The number of carbonyl (C=O) groups is 2. The van der Waals surface area contributed by atoms with Crippen molar-refractivity contribution in [2.45, 2.75) is 24.1 Å². The van der Waals surface area contributed by atoms with Crippen LogP contribution < -0.4 is 10.1 Å². The van der Waals surface area contributed by atoms with Crippen molar-refractivity contribution in [2.75, 3.05) is 12.4 Å². The first kappa shape index (κ1) is 25.9. The number of thioether (sulfide) groups is 1. The summed E-state index contributed by atoms with van der Waals surface area (Å²) < 4.78 is 31.9. The summed E-state index contributed by atoms with van der Waals surface area (Å²) in [4.78, 5) is 29.5. The second-order valence-corrected chi connectivity index (χ2v) is 10.2. The normalized spacial score (nSPS) is 18.8. The Kier molecular flexibility index (Phi) is 7.44. The molecule has 0 saturated heterocycles. The summed E-state index contributed by atoms with van der Waals surface area (Å²) in [5.74, 6) is -2.35. The average molecular weight is 555 g/mol. The fourth-order valence-electron chi connectivity index (χ4n) is 4.15. The predicted molar refractivity (Wildman–Crippen MR) is 144 cm³/mol. The Labute approximate surface area is 226 Å². The standard InChI is InChI=1S/C27H21ClF2N4O3S/c1-37-19-9-4-15(5-10-19)22-13-23(16-2-6-17(28)7-3-16)34(33-22)27-32-26(36)24(38-27)14-25(35)31-18-8-11-20(29)21(30)12-18/h2-12,23-24H,13-14H2,1H3,(H,31,35)/t23-,24-/m1/s1. The van der Waals surface area contributed by atoms with E-state index in [1.54, 1.807) is 24.3 Å². The molecule has 11 heteroatoms. The van der Waals surface area contributed by atoms with Gasteiger partial charge in [0.25, 0.3) is 5.91 Å². The Morgan fingerprint density at radius 3 is 2.53 bits per heavy atom. The third-order valence-corrected chi connectivity index (χ3v) is 7.48. The summed E-state index contributed by atoms with van der Waals surface area (Å²) in [5.41, 5.74) is 2.76. The molecule has 5 rings (SSSR count). The van der Waals surface area contributed by atoms with Gasteiger partial charge in [0.2, 0.25) is 5.91 Å². The van der Waals surface area contributed by atoms with E-state index in [-0.39, 0.29) is 18.2 Å². The minimum absolute atomic E-state index is 0.0987. The quantitative estimate of drug-likeness (QED) is 0.416. The SMILES string of the molecule is COc1ccc(C2=NN(C3=NC(=O)[C@@H](CC(=O)Nc4ccc(F)c(F)c4)S3)[C@@H](c3ccc(Cl)cc3)C2)cc1. The van der Waals surface area contributed by atoms with Gasteiger partial charge in [-0.3, -0.25) is 9.59 Å². The van der Waals surface area contributed by atoms with Crippen LogP contribution in [0.4, 0.5) is 14.5 Å². The predicted octanol–water partition coefficient (Wildman–Crippen LogP) is 5.80. The van der Waals surface area contributed by atoms with E-state index >= 15 is 0 Å². The number of amidine groups is 1. The van der Waals surface area contributed by atoms with E-state index in [9.17, 15) is 18.4 Å². The van der Waals surface area contributed by atoms with Crippen LogP contribution in [0.25, 0.3) is 0 Å². The molecule has 2 heterocycles. The average Bonchev–Trinajstić information content (AvgIpc) is 3.51. The van der Waals surface area contributed by atoms with Crippen LogP contribution in [0.1, 0.15) is 30.0 Å². The molecule has 0 spiro atoms. The largest absolute Gasteiger partial charge is 0.497 e. The number of rotatable bonds is 6. The molecule has 0 radical (unpaired) electrons. The van der Waals surface area contributed by atoms with E-state index in [0.717, 1.165) is 46.5 Å². The number of anilines is 1. The number of carbonyl (C=O) groups excluding carboxylic acids is 2. The first-order valence-electron chi connectivity index (χ1n) is 11.6. The van der Waals surface area contributed by atoms with Gasteiger partial charge in [0, 0.05) is 29.6 Å². The summed E-state index contributed by atoms with van der Waals surface area (Å²) in [6.45, 7) is 0. The second-order valence-electron chi connectivity index (χ2n) is 8.61. The lowest BCUT2D eigenvalue weighted by atomic mass is 9.98. The Bertz CT molecular complexity index is 1450. The maximum atomic E-state index is 13.5. The van der Waals surface area contributed by atoms with Gasteiger partial charge >= 0.3 is 0 Å². The molecule has 0 fully saturated rings.